The molecule has 0 unspecified atom stereocenters. The normalized spacial score (nSPS) is 14.3. The largest absolute Gasteiger partial charge is 0.506 e. The van der Waals surface area contributed by atoms with E-state index in [0.29, 0.717) is 17.8 Å². The van der Waals surface area contributed by atoms with Gasteiger partial charge in [0.05, 0.1) is 11.3 Å². The predicted molar refractivity (Wildman–Crippen MR) is 72.4 cm³/mol. The summed E-state index contributed by atoms with van der Waals surface area (Å²) in [4.78, 5) is 14.1. The molecule has 2 heterocycles. The van der Waals surface area contributed by atoms with Gasteiger partial charge in [-0.05, 0) is 35.9 Å². The molecule has 1 amide bonds. The van der Waals surface area contributed by atoms with E-state index in [1.54, 1.807) is 11.0 Å². The van der Waals surface area contributed by atoms with E-state index < -0.39 is 0 Å². The lowest BCUT2D eigenvalue weighted by atomic mass is 10.0. The molecule has 0 spiro atoms. The Labute approximate surface area is 109 Å². The molecular formula is C14H13NO2S. The highest BCUT2D eigenvalue weighted by Crippen LogP contribution is 2.36. The minimum atomic E-state index is -0.0290. The molecular weight excluding hydrogens is 246 g/mol. The summed E-state index contributed by atoms with van der Waals surface area (Å²) in [5.41, 5.74) is 2.42. The van der Waals surface area contributed by atoms with Crippen molar-refractivity contribution < 1.29 is 9.90 Å². The molecule has 3 nitrogen and oxygen atoms in total. The van der Waals surface area contributed by atoms with Crippen molar-refractivity contribution in [3.63, 3.8) is 0 Å². The highest BCUT2D eigenvalue weighted by molar-refractivity contribution is 7.08. The number of carbonyl (C=O) groups is 1. The standard InChI is InChI=1S/C14H13NO2S/c16-12-5-1-3-10-4-2-7-15(13(10)12)14(17)11-6-8-18-9-11/h1,3,5-6,8-9,16H,2,4,7H2. The van der Waals surface area contributed by atoms with Gasteiger partial charge in [-0.25, -0.2) is 0 Å². The minimum Gasteiger partial charge on any atom is -0.506 e. The number of hydrogen-bond donors (Lipinski definition) is 1. The maximum absolute atomic E-state index is 12.4. The monoisotopic (exact) mass is 259 g/mol. The molecule has 3 rings (SSSR count). The molecule has 18 heavy (non-hydrogen) atoms. The van der Waals surface area contributed by atoms with Crippen LogP contribution < -0.4 is 4.90 Å². The number of aryl methyl sites for hydroxylation is 1. The van der Waals surface area contributed by atoms with Crippen LogP contribution in [0.5, 0.6) is 5.75 Å². The average molecular weight is 259 g/mol. The summed E-state index contributed by atoms with van der Waals surface area (Å²) < 4.78 is 0. The molecule has 1 aromatic carbocycles. The second-order valence-corrected chi connectivity index (χ2v) is 5.14. The third-order valence-electron chi connectivity index (χ3n) is 3.21. The van der Waals surface area contributed by atoms with E-state index in [1.165, 1.54) is 11.3 Å². The number of para-hydroxylation sites is 1. The van der Waals surface area contributed by atoms with E-state index in [9.17, 15) is 9.90 Å². The van der Waals surface area contributed by atoms with Gasteiger partial charge in [0.2, 0.25) is 0 Å². The van der Waals surface area contributed by atoms with Crippen molar-refractivity contribution in [1.82, 2.24) is 0 Å². The van der Waals surface area contributed by atoms with Crippen molar-refractivity contribution in [3.05, 3.63) is 46.2 Å². The zero-order chi connectivity index (χ0) is 12.5. The van der Waals surface area contributed by atoms with Crippen LogP contribution in [-0.4, -0.2) is 17.6 Å². The first kappa shape index (κ1) is 11.3. The van der Waals surface area contributed by atoms with E-state index >= 15 is 0 Å². The fourth-order valence-electron chi connectivity index (χ4n) is 2.38. The van der Waals surface area contributed by atoms with Crippen molar-refractivity contribution in [2.75, 3.05) is 11.4 Å². The molecule has 1 aliphatic heterocycles. The molecule has 0 atom stereocenters. The molecule has 1 N–H and O–H groups in total. The number of rotatable bonds is 1. The van der Waals surface area contributed by atoms with Gasteiger partial charge >= 0.3 is 0 Å². The number of aromatic hydroxyl groups is 1. The summed E-state index contributed by atoms with van der Waals surface area (Å²) >= 11 is 1.51. The molecule has 1 aromatic heterocycles. The van der Waals surface area contributed by atoms with Crippen LogP contribution in [0.2, 0.25) is 0 Å². The van der Waals surface area contributed by atoms with Crippen molar-refractivity contribution >= 4 is 22.9 Å². The van der Waals surface area contributed by atoms with Gasteiger partial charge in [0.25, 0.3) is 5.91 Å². The van der Waals surface area contributed by atoms with Crippen LogP contribution in [0.15, 0.2) is 35.0 Å². The Kier molecular flexibility index (Phi) is 2.80. The van der Waals surface area contributed by atoms with Crippen LogP contribution in [0, 0.1) is 0 Å². The van der Waals surface area contributed by atoms with Crippen LogP contribution in [0.3, 0.4) is 0 Å². The highest BCUT2D eigenvalue weighted by atomic mass is 32.1. The Bertz CT molecular complexity index is 577. The van der Waals surface area contributed by atoms with Gasteiger partial charge in [0.15, 0.2) is 0 Å². The molecule has 0 saturated carbocycles. The Morgan fingerprint density at radius 1 is 1.33 bits per heavy atom. The molecule has 92 valence electrons. The lowest BCUT2D eigenvalue weighted by Crippen LogP contribution is -2.35. The van der Waals surface area contributed by atoms with E-state index in [1.807, 2.05) is 29.0 Å². The number of carbonyl (C=O) groups excluding carboxylic acids is 1. The van der Waals surface area contributed by atoms with Crippen molar-refractivity contribution in [2.24, 2.45) is 0 Å². The minimum absolute atomic E-state index is 0.0290. The molecule has 0 radical (unpaired) electrons. The van der Waals surface area contributed by atoms with Crippen LogP contribution in [0.4, 0.5) is 5.69 Å². The van der Waals surface area contributed by atoms with Gasteiger partial charge in [-0.15, -0.1) is 0 Å². The van der Waals surface area contributed by atoms with Gasteiger partial charge < -0.3 is 10.0 Å². The number of amides is 1. The third-order valence-corrected chi connectivity index (χ3v) is 3.89. The molecule has 0 bridgehead atoms. The molecule has 2 aromatic rings. The lowest BCUT2D eigenvalue weighted by molar-refractivity contribution is 0.0984. The van der Waals surface area contributed by atoms with Gasteiger partial charge in [-0.3, -0.25) is 4.79 Å². The zero-order valence-electron chi connectivity index (χ0n) is 9.80. The van der Waals surface area contributed by atoms with Gasteiger partial charge in [-0.1, -0.05) is 12.1 Å². The van der Waals surface area contributed by atoms with Crippen molar-refractivity contribution in [3.8, 4) is 5.75 Å². The number of hydrogen-bond acceptors (Lipinski definition) is 3. The first-order valence-electron chi connectivity index (χ1n) is 5.92. The lowest BCUT2D eigenvalue weighted by Gasteiger charge is -2.29. The molecule has 4 heteroatoms. The number of nitrogens with zero attached hydrogens (tertiary/aromatic N) is 1. The summed E-state index contributed by atoms with van der Waals surface area (Å²) in [6.07, 6.45) is 1.85. The summed E-state index contributed by atoms with van der Waals surface area (Å²) in [5, 5.41) is 13.7. The van der Waals surface area contributed by atoms with Crippen LogP contribution in [0.25, 0.3) is 0 Å². The van der Waals surface area contributed by atoms with Crippen LogP contribution in [-0.2, 0) is 6.42 Å². The van der Waals surface area contributed by atoms with E-state index in [2.05, 4.69) is 0 Å². The van der Waals surface area contributed by atoms with Crippen LogP contribution in [0.1, 0.15) is 22.3 Å². The number of fused-ring (bicyclic) bond motifs is 1. The van der Waals surface area contributed by atoms with E-state index in [-0.39, 0.29) is 11.7 Å². The topological polar surface area (TPSA) is 40.5 Å². The van der Waals surface area contributed by atoms with Crippen LogP contribution >= 0.6 is 11.3 Å². The number of benzene rings is 1. The zero-order valence-corrected chi connectivity index (χ0v) is 10.6. The van der Waals surface area contributed by atoms with E-state index in [0.717, 1.165) is 18.4 Å². The molecule has 0 aliphatic carbocycles. The van der Waals surface area contributed by atoms with Crippen molar-refractivity contribution in [1.29, 1.82) is 0 Å². The molecule has 1 aliphatic rings. The quantitative estimate of drug-likeness (QED) is 0.855. The number of phenolic OH excluding ortho intramolecular Hbond substituents is 1. The van der Waals surface area contributed by atoms with Gasteiger partial charge in [0.1, 0.15) is 5.75 Å². The predicted octanol–water partition coefficient (Wildman–Crippen LogP) is 3.05. The van der Waals surface area contributed by atoms with Gasteiger partial charge in [0, 0.05) is 11.9 Å². The highest BCUT2D eigenvalue weighted by Gasteiger charge is 2.26. The summed E-state index contributed by atoms with van der Waals surface area (Å²) in [6, 6.07) is 7.26. The Morgan fingerprint density at radius 2 is 2.22 bits per heavy atom. The number of anilines is 1. The maximum Gasteiger partial charge on any atom is 0.259 e. The number of thiophene rings is 1. The third kappa shape index (κ3) is 1.78. The summed E-state index contributed by atoms with van der Waals surface area (Å²) in [5.74, 6) is 0.162. The smallest absolute Gasteiger partial charge is 0.259 e. The fourth-order valence-corrected chi connectivity index (χ4v) is 3.01. The fraction of sp³-hybridized carbons (Fsp3) is 0.214. The Hall–Kier alpha value is -1.81. The SMILES string of the molecule is O=C(c1ccsc1)N1CCCc2cccc(O)c21. The first-order valence-corrected chi connectivity index (χ1v) is 6.86. The van der Waals surface area contributed by atoms with Gasteiger partial charge in [-0.2, -0.15) is 11.3 Å². The number of phenols is 1. The summed E-state index contributed by atoms with van der Waals surface area (Å²) in [6.45, 7) is 0.666. The second-order valence-electron chi connectivity index (χ2n) is 4.36. The molecule has 0 saturated heterocycles. The maximum atomic E-state index is 12.4. The first-order chi connectivity index (χ1) is 8.77. The summed E-state index contributed by atoms with van der Waals surface area (Å²) in [7, 11) is 0. The molecule has 0 fully saturated rings. The average Bonchev–Trinajstić information content (AvgIpc) is 2.91. The van der Waals surface area contributed by atoms with Crippen molar-refractivity contribution in [2.45, 2.75) is 12.8 Å². The Morgan fingerprint density at radius 3 is 3.00 bits per heavy atom. The second kappa shape index (κ2) is 4.46. The Balaban J connectivity index is 2.04. The van der Waals surface area contributed by atoms with E-state index in [4.69, 9.17) is 0 Å².